The number of rotatable bonds is 5. The van der Waals surface area contributed by atoms with Gasteiger partial charge < -0.3 is 19.8 Å². The SMILES string of the molecule is COc1ccc(OC)c(C(=O)NCc2c(C)cc(C)[nH]c2=O)c1Cl. The van der Waals surface area contributed by atoms with E-state index in [1.54, 1.807) is 19.1 Å². The third-order valence-corrected chi connectivity index (χ3v) is 4.03. The van der Waals surface area contributed by atoms with E-state index in [4.69, 9.17) is 21.1 Å². The number of H-pyrrole nitrogens is 1. The lowest BCUT2D eigenvalue weighted by molar-refractivity contribution is 0.0947. The number of hydrogen-bond acceptors (Lipinski definition) is 4. The van der Waals surface area contributed by atoms with Gasteiger partial charge in [0.25, 0.3) is 11.5 Å². The van der Waals surface area contributed by atoms with Crippen molar-refractivity contribution in [3.63, 3.8) is 0 Å². The van der Waals surface area contributed by atoms with Crippen LogP contribution in [0.25, 0.3) is 0 Å². The molecule has 0 fully saturated rings. The molecule has 2 N–H and O–H groups in total. The first-order valence-corrected chi connectivity index (χ1v) is 7.65. The van der Waals surface area contributed by atoms with E-state index in [0.29, 0.717) is 17.1 Å². The van der Waals surface area contributed by atoms with E-state index >= 15 is 0 Å². The molecule has 128 valence electrons. The number of aromatic amines is 1. The van der Waals surface area contributed by atoms with Crippen LogP contribution >= 0.6 is 11.6 Å². The van der Waals surface area contributed by atoms with Crippen molar-refractivity contribution in [2.75, 3.05) is 14.2 Å². The van der Waals surface area contributed by atoms with Crippen molar-refractivity contribution in [2.24, 2.45) is 0 Å². The van der Waals surface area contributed by atoms with Crippen molar-refractivity contribution in [1.82, 2.24) is 10.3 Å². The summed E-state index contributed by atoms with van der Waals surface area (Å²) in [6.07, 6.45) is 0. The van der Waals surface area contributed by atoms with Crippen molar-refractivity contribution < 1.29 is 14.3 Å². The Bertz CT molecular complexity index is 830. The van der Waals surface area contributed by atoms with Crippen LogP contribution in [0.4, 0.5) is 0 Å². The molecule has 0 atom stereocenters. The molecule has 2 rings (SSSR count). The highest BCUT2D eigenvalue weighted by molar-refractivity contribution is 6.35. The first kappa shape index (κ1) is 17.9. The first-order valence-electron chi connectivity index (χ1n) is 7.27. The van der Waals surface area contributed by atoms with Gasteiger partial charge in [-0.2, -0.15) is 0 Å². The molecule has 0 aliphatic rings. The number of methoxy groups -OCH3 is 2. The minimum absolute atomic E-state index is 0.0803. The zero-order chi connectivity index (χ0) is 17.9. The van der Waals surface area contributed by atoms with E-state index in [-0.39, 0.29) is 22.7 Å². The number of nitrogens with one attached hydrogen (secondary N) is 2. The number of aromatic nitrogens is 1. The zero-order valence-electron chi connectivity index (χ0n) is 14.0. The average Bonchev–Trinajstić information content (AvgIpc) is 2.53. The van der Waals surface area contributed by atoms with Crippen molar-refractivity contribution in [2.45, 2.75) is 20.4 Å². The van der Waals surface area contributed by atoms with Crippen LogP contribution in [0.2, 0.25) is 5.02 Å². The van der Waals surface area contributed by atoms with Crippen molar-refractivity contribution in [1.29, 1.82) is 0 Å². The van der Waals surface area contributed by atoms with Crippen LogP contribution in [0.1, 0.15) is 27.2 Å². The molecule has 1 aromatic heterocycles. The van der Waals surface area contributed by atoms with Gasteiger partial charge in [0.1, 0.15) is 17.1 Å². The Morgan fingerprint density at radius 1 is 1.21 bits per heavy atom. The molecule has 1 amide bonds. The quantitative estimate of drug-likeness (QED) is 0.868. The van der Waals surface area contributed by atoms with Gasteiger partial charge in [0.05, 0.1) is 19.2 Å². The molecule has 7 heteroatoms. The van der Waals surface area contributed by atoms with Gasteiger partial charge in [-0.05, 0) is 37.6 Å². The number of amides is 1. The highest BCUT2D eigenvalue weighted by Crippen LogP contribution is 2.34. The number of hydrogen-bond donors (Lipinski definition) is 2. The van der Waals surface area contributed by atoms with Gasteiger partial charge in [0.15, 0.2) is 0 Å². The van der Waals surface area contributed by atoms with Crippen LogP contribution in [-0.2, 0) is 6.54 Å². The summed E-state index contributed by atoms with van der Waals surface area (Å²) in [4.78, 5) is 27.3. The highest BCUT2D eigenvalue weighted by Gasteiger charge is 2.20. The van der Waals surface area contributed by atoms with Gasteiger partial charge in [-0.25, -0.2) is 0 Å². The van der Waals surface area contributed by atoms with Gasteiger partial charge in [0, 0.05) is 17.8 Å². The van der Waals surface area contributed by atoms with E-state index in [2.05, 4.69) is 10.3 Å². The zero-order valence-corrected chi connectivity index (χ0v) is 14.7. The average molecular weight is 351 g/mol. The Morgan fingerprint density at radius 3 is 2.42 bits per heavy atom. The summed E-state index contributed by atoms with van der Waals surface area (Å²) in [5, 5.41) is 2.86. The second-order valence-corrected chi connectivity index (χ2v) is 5.66. The van der Waals surface area contributed by atoms with E-state index in [9.17, 15) is 9.59 Å². The van der Waals surface area contributed by atoms with Crippen LogP contribution < -0.4 is 20.3 Å². The molecule has 0 radical (unpaired) electrons. The summed E-state index contributed by atoms with van der Waals surface area (Å²) in [5.41, 5.74) is 2.01. The van der Waals surface area contributed by atoms with Crippen molar-refractivity contribution in [3.05, 3.63) is 56.0 Å². The van der Waals surface area contributed by atoms with Crippen molar-refractivity contribution >= 4 is 17.5 Å². The molecule has 2 aromatic rings. The number of carbonyl (C=O) groups is 1. The third-order valence-electron chi connectivity index (χ3n) is 3.65. The maximum atomic E-state index is 12.5. The van der Waals surface area contributed by atoms with Crippen LogP contribution in [0.15, 0.2) is 23.0 Å². The Labute approximate surface area is 144 Å². The summed E-state index contributed by atoms with van der Waals surface area (Å²) in [5.74, 6) is 0.245. The van der Waals surface area contributed by atoms with Crippen LogP contribution in [0.5, 0.6) is 11.5 Å². The number of pyridine rings is 1. The predicted molar refractivity (Wildman–Crippen MR) is 92.3 cm³/mol. The van der Waals surface area contributed by atoms with Gasteiger partial charge in [-0.15, -0.1) is 0 Å². The van der Waals surface area contributed by atoms with E-state index in [1.165, 1.54) is 14.2 Å². The maximum absolute atomic E-state index is 12.5. The number of ether oxygens (including phenoxy) is 2. The Hall–Kier alpha value is -2.47. The predicted octanol–water partition coefficient (Wildman–Crippen LogP) is 2.59. The third kappa shape index (κ3) is 3.54. The Balaban J connectivity index is 2.30. The molecular weight excluding hydrogens is 332 g/mol. The number of aryl methyl sites for hydroxylation is 2. The fraction of sp³-hybridized carbons (Fsp3) is 0.294. The molecule has 0 aliphatic carbocycles. The lowest BCUT2D eigenvalue weighted by Crippen LogP contribution is -2.28. The fourth-order valence-corrected chi connectivity index (χ4v) is 2.76. The lowest BCUT2D eigenvalue weighted by atomic mass is 10.1. The topological polar surface area (TPSA) is 80.4 Å². The van der Waals surface area contributed by atoms with Gasteiger partial charge in [-0.3, -0.25) is 9.59 Å². The first-order chi connectivity index (χ1) is 11.4. The monoisotopic (exact) mass is 350 g/mol. The van der Waals surface area contributed by atoms with Crippen molar-refractivity contribution in [3.8, 4) is 11.5 Å². The number of benzene rings is 1. The summed E-state index contributed by atoms with van der Waals surface area (Å²) in [6, 6.07) is 5.07. The molecule has 0 saturated carbocycles. The summed E-state index contributed by atoms with van der Waals surface area (Å²) >= 11 is 6.22. The minimum atomic E-state index is -0.449. The molecule has 0 aliphatic heterocycles. The van der Waals surface area contributed by atoms with Gasteiger partial charge >= 0.3 is 0 Å². The fourth-order valence-electron chi connectivity index (χ4n) is 2.44. The van der Waals surface area contributed by atoms with E-state index in [1.807, 2.05) is 13.0 Å². The molecule has 0 saturated heterocycles. The normalized spacial score (nSPS) is 10.4. The largest absolute Gasteiger partial charge is 0.496 e. The smallest absolute Gasteiger partial charge is 0.256 e. The molecule has 6 nitrogen and oxygen atoms in total. The van der Waals surface area contributed by atoms with Gasteiger partial charge in [-0.1, -0.05) is 11.6 Å². The molecule has 1 heterocycles. The Kier molecular flexibility index (Phi) is 5.51. The molecule has 24 heavy (non-hydrogen) atoms. The van der Waals surface area contributed by atoms with Crippen LogP contribution in [-0.4, -0.2) is 25.1 Å². The maximum Gasteiger partial charge on any atom is 0.256 e. The molecule has 0 spiro atoms. The number of carbonyl (C=O) groups excluding carboxylic acids is 1. The summed E-state index contributed by atoms with van der Waals surface area (Å²) in [6.45, 7) is 3.71. The second kappa shape index (κ2) is 7.40. The Morgan fingerprint density at radius 2 is 1.83 bits per heavy atom. The van der Waals surface area contributed by atoms with Gasteiger partial charge in [0.2, 0.25) is 0 Å². The lowest BCUT2D eigenvalue weighted by Gasteiger charge is -2.14. The summed E-state index contributed by atoms with van der Waals surface area (Å²) < 4.78 is 10.3. The van der Waals surface area contributed by atoms with E-state index in [0.717, 1.165) is 11.3 Å². The molecule has 1 aromatic carbocycles. The summed E-state index contributed by atoms with van der Waals surface area (Å²) in [7, 11) is 2.91. The molecule has 0 unspecified atom stereocenters. The standard InChI is InChI=1S/C17H19ClN2O4/c1-9-7-10(2)20-16(21)11(9)8-19-17(22)14-12(23-3)5-6-13(24-4)15(14)18/h5-7H,8H2,1-4H3,(H,19,22)(H,20,21). The highest BCUT2D eigenvalue weighted by atomic mass is 35.5. The number of halogens is 1. The van der Waals surface area contributed by atoms with E-state index < -0.39 is 5.91 Å². The van der Waals surface area contributed by atoms with Crippen LogP contribution in [0, 0.1) is 13.8 Å². The second-order valence-electron chi connectivity index (χ2n) is 5.28. The van der Waals surface area contributed by atoms with Crippen LogP contribution in [0.3, 0.4) is 0 Å². The molecular formula is C17H19ClN2O4. The molecule has 0 bridgehead atoms. The minimum Gasteiger partial charge on any atom is -0.496 e.